The van der Waals surface area contributed by atoms with Crippen LogP contribution in [0.2, 0.25) is 0 Å². The van der Waals surface area contributed by atoms with Crippen LogP contribution in [0.25, 0.3) is 0 Å². The van der Waals surface area contributed by atoms with Crippen LogP contribution in [0.1, 0.15) is 32.8 Å². The van der Waals surface area contributed by atoms with Crippen molar-refractivity contribution in [3.05, 3.63) is 35.9 Å². The molecule has 0 bridgehead atoms. The highest BCUT2D eigenvalue weighted by atomic mass is 16.6. The number of aliphatic hydroxyl groups is 1. The second-order valence-corrected chi connectivity index (χ2v) is 6.27. The highest BCUT2D eigenvalue weighted by molar-refractivity contribution is 5.94. The Bertz CT molecular complexity index is 521. The third-order valence-electron chi connectivity index (χ3n) is 3.31. The third kappa shape index (κ3) is 3.82. The maximum Gasteiger partial charge on any atom is 0.417 e. The molecule has 2 atom stereocenters. The smallest absolute Gasteiger partial charge is 0.417 e. The molecular weight excluding hydrogens is 270 g/mol. The molecule has 1 aliphatic heterocycles. The van der Waals surface area contributed by atoms with Gasteiger partial charge in [0.2, 0.25) is 5.91 Å². The Kier molecular flexibility index (Phi) is 4.32. The van der Waals surface area contributed by atoms with Gasteiger partial charge in [-0.15, -0.1) is 0 Å². The molecule has 1 saturated heterocycles. The Morgan fingerprint density at radius 1 is 1.33 bits per heavy atom. The second kappa shape index (κ2) is 5.85. The highest BCUT2D eigenvalue weighted by Crippen LogP contribution is 2.25. The van der Waals surface area contributed by atoms with Crippen LogP contribution in [0.3, 0.4) is 0 Å². The fraction of sp³-hybridized carbons (Fsp3) is 0.500. The number of aliphatic hydroxyl groups excluding tert-OH is 1. The van der Waals surface area contributed by atoms with Crippen LogP contribution in [0, 0.1) is 0 Å². The topological polar surface area (TPSA) is 66.8 Å². The quantitative estimate of drug-likeness (QED) is 0.906. The molecule has 1 aliphatic rings. The van der Waals surface area contributed by atoms with Gasteiger partial charge in [0.05, 0.1) is 18.6 Å². The van der Waals surface area contributed by atoms with Gasteiger partial charge in [0.1, 0.15) is 5.60 Å². The minimum Gasteiger partial charge on any atom is -0.443 e. The van der Waals surface area contributed by atoms with Crippen LogP contribution in [0.5, 0.6) is 0 Å². The minimum absolute atomic E-state index is 0.0449. The predicted molar refractivity (Wildman–Crippen MR) is 77.6 cm³/mol. The molecule has 2 amide bonds. The van der Waals surface area contributed by atoms with Crippen molar-refractivity contribution in [1.29, 1.82) is 0 Å². The van der Waals surface area contributed by atoms with Crippen molar-refractivity contribution in [3.8, 4) is 0 Å². The molecule has 5 heteroatoms. The molecule has 1 heterocycles. The number of ether oxygens (including phenoxy) is 1. The molecule has 5 nitrogen and oxygen atoms in total. The molecule has 0 aromatic heterocycles. The monoisotopic (exact) mass is 291 g/mol. The normalized spacial score (nSPS) is 22.5. The average Bonchev–Trinajstić information content (AvgIpc) is 2.63. The van der Waals surface area contributed by atoms with Crippen molar-refractivity contribution in [3.63, 3.8) is 0 Å². The van der Waals surface area contributed by atoms with Crippen molar-refractivity contribution in [2.45, 2.75) is 51.4 Å². The first-order chi connectivity index (χ1) is 9.78. The molecular formula is C16H21NO4. The summed E-state index contributed by atoms with van der Waals surface area (Å²) in [5.41, 5.74) is 0.284. The zero-order valence-corrected chi connectivity index (χ0v) is 12.6. The Labute approximate surface area is 124 Å². The number of carbonyl (C=O) groups is 2. The molecule has 0 aliphatic carbocycles. The summed E-state index contributed by atoms with van der Waals surface area (Å²) in [7, 11) is 0. The first-order valence-corrected chi connectivity index (χ1v) is 7.05. The van der Waals surface area contributed by atoms with E-state index in [-0.39, 0.29) is 6.42 Å². The number of likely N-dealkylation sites (tertiary alicyclic amines) is 1. The summed E-state index contributed by atoms with van der Waals surface area (Å²) in [6, 6.07) is 8.90. The van der Waals surface area contributed by atoms with Gasteiger partial charge in [-0.2, -0.15) is 0 Å². The van der Waals surface area contributed by atoms with Crippen molar-refractivity contribution in [2.24, 2.45) is 0 Å². The lowest BCUT2D eigenvalue weighted by Gasteiger charge is -2.28. The SMILES string of the molecule is CC(C)(C)OC(=O)N1C(=O)C[C@@H](O)[C@@H]1Cc1ccccc1. The number of benzene rings is 1. The largest absolute Gasteiger partial charge is 0.443 e. The summed E-state index contributed by atoms with van der Waals surface area (Å²) < 4.78 is 5.26. The Morgan fingerprint density at radius 3 is 2.52 bits per heavy atom. The fourth-order valence-electron chi connectivity index (χ4n) is 2.40. The average molecular weight is 291 g/mol. The summed E-state index contributed by atoms with van der Waals surface area (Å²) in [6.07, 6.45) is -1.17. The second-order valence-electron chi connectivity index (χ2n) is 6.27. The first kappa shape index (κ1) is 15.5. The molecule has 21 heavy (non-hydrogen) atoms. The molecule has 0 saturated carbocycles. The molecule has 0 spiro atoms. The van der Waals surface area contributed by atoms with E-state index >= 15 is 0 Å². The number of imide groups is 1. The Hall–Kier alpha value is -1.88. The number of hydrogen-bond acceptors (Lipinski definition) is 4. The van der Waals surface area contributed by atoms with Gasteiger partial charge in [0, 0.05) is 0 Å². The van der Waals surface area contributed by atoms with Gasteiger partial charge < -0.3 is 9.84 Å². The molecule has 1 N–H and O–H groups in total. The van der Waals surface area contributed by atoms with Gasteiger partial charge in [-0.3, -0.25) is 4.79 Å². The lowest BCUT2D eigenvalue weighted by atomic mass is 10.0. The lowest BCUT2D eigenvalue weighted by molar-refractivity contribution is -0.128. The van der Waals surface area contributed by atoms with E-state index in [1.807, 2.05) is 30.3 Å². The van der Waals surface area contributed by atoms with Gasteiger partial charge in [0.15, 0.2) is 0 Å². The summed E-state index contributed by atoms with van der Waals surface area (Å²) in [5, 5.41) is 10.1. The van der Waals surface area contributed by atoms with E-state index in [1.54, 1.807) is 20.8 Å². The van der Waals surface area contributed by atoms with E-state index in [2.05, 4.69) is 0 Å². The lowest BCUT2D eigenvalue weighted by Crippen LogP contribution is -2.45. The number of carbonyl (C=O) groups excluding carboxylic acids is 2. The van der Waals surface area contributed by atoms with E-state index in [1.165, 1.54) is 0 Å². The van der Waals surface area contributed by atoms with E-state index in [9.17, 15) is 14.7 Å². The van der Waals surface area contributed by atoms with Crippen LogP contribution >= 0.6 is 0 Å². The van der Waals surface area contributed by atoms with Crippen molar-refractivity contribution in [2.75, 3.05) is 0 Å². The molecule has 1 fully saturated rings. The number of amides is 2. The molecule has 114 valence electrons. The molecule has 0 radical (unpaired) electrons. The highest BCUT2D eigenvalue weighted by Gasteiger charge is 2.44. The summed E-state index contributed by atoms with van der Waals surface area (Å²) in [4.78, 5) is 25.2. The zero-order valence-electron chi connectivity index (χ0n) is 12.6. The zero-order chi connectivity index (χ0) is 15.6. The molecule has 1 aromatic rings. The van der Waals surface area contributed by atoms with Crippen LogP contribution in [-0.2, 0) is 16.0 Å². The maximum atomic E-state index is 12.2. The van der Waals surface area contributed by atoms with Crippen LogP contribution < -0.4 is 0 Å². The van der Waals surface area contributed by atoms with Gasteiger partial charge in [-0.1, -0.05) is 30.3 Å². The van der Waals surface area contributed by atoms with Gasteiger partial charge in [-0.05, 0) is 32.8 Å². The first-order valence-electron chi connectivity index (χ1n) is 7.05. The maximum absolute atomic E-state index is 12.2. The molecule has 0 unspecified atom stereocenters. The van der Waals surface area contributed by atoms with Crippen LogP contribution in [0.15, 0.2) is 30.3 Å². The van der Waals surface area contributed by atoms with Crippen molar-refractivity contribution in [1.82, 2.24) is 4.90 Å². The number of hydrogen-bond donors (Lipinski definition) is 1. The van der Waals surface area contributed by atoms with E-state index in [4.69, 9.17) is 4.74 Å². The minimum atomic E-state index is -0.856. The third-order valence-corrected chi connectivity index (χ3v) is 3.31. The van der Waals surface area contributed by atoms with Crippen LogP contribution in [0.4, 0.5) is 4.79 Å². The van der Waals surface area contributed by atoms with E-state index in [0.29, 0.717) is 6.42 Å². The van der Waals surface area contributed by atoms with E-state index in [0.717, 1.165) is 10.5 Å². The van der Waals surface area contributed by atoms with Crippen molar-refractivity contribution < 1.29 is 19.4 Å². The fourth-order valence-corrected chi connectivity index (χ4v) is 2.40. The molecule has 1 aromatic carbocycles. The van der Waals surface area contributed by atoms with E-state index < -0.39 is 29.7 Å². The van der Waals surface area contributed by atoms with Crippen molar-refractivity contribution >= 4 is 12.0 Å². The predicted octanol–water partition coefficient (Wildman–Crippen LogP) is 2.13. The van der Waals surface area contributed by atoms with Gasteiger partial charge in [-0.25, -0.2) is 9.69 Å². The van der Waals surface area contributed by atoms with Crippen LogP contribution in [-0.4, -0.2) is 39.8 Å². The van der Waals surface area contributed by atoms with Gasteiger partial charge in [0.25, 0.3) is 0 Å². The number of nitrogens with zero attached hydrogens (tertiary/aromatic N) is 1. The van der Waals surface area contributed by atoms with Gasteiger partial charge >= 0.3 is 6.09 Å². The Balaban J connectivity index is 2.17. The standard InChI is InChI=1S/C16H21NO4/c1-16(2,3)21-15(20)17-12(13(18)10-14(17)19)9-11-7-5-4-6-8-11/h4-8,12-13,18H,9-10H2,1-3H3/t12-,13+/m0/s1. The number of rotatable bonds is 2. The summed E-state index contributed by atoms with van der Waals surface area (Å²) >= 11 is 0. The Morgan fingerprint density at radius 2 is 1.95 bits per heavy atom. The summed E-state index contributed by atoms with van der Waals surface area (Å²) in [6.45, 7) is 5.23. The summed E-state index contributed by atoms with van der Waals surface area (Å²) in [5.74, 6) is -0.391. The molecule has 2 rings (SSSR count).